The molecule has 0 heterocycles. The zero-order valence-corrected chi connectivity index (χ0v) is 21.9. The van der Waals surface area contributed by atoms with Crippen molar-refractivity contribution in [2.24, 2.45) is 5.41 Å². The molecule has 0 amide bonds. The summed E-state index contributed by atoms with van der Waals surface area (Å²) in [7, 11) is 0. The van der Waals surface area contributed by atoms with Crippen molar-refractivity contribution in [3.63, 3.8) is 0 Å². The quantitative estimate of drug-likeness (QED) is 0.0863. The summed E-state index contributed by atoms with van der Waals surface area (Å²) in [6.07, 6.45) is 26.2. The average molecular weight is 488 g/mol. The number of halogens is 1. The first-order valence-electron chi connectivity index (χ1n) is 13.5. The van der Waals surface area contributed by atoms with E-state index in [4.69, 9.17) is 4.74 Å². The Morgan fingerprint density at radius 1 is 0.733 bits per heavy atom. The van der Waals surface area contributed by atoms with Crippen LogP contribution in [0.2, 0.25) is 0 Å². The van der Waals surface area contributed by atoms with Gasteiger partial charge in [-0.15, -0.1) is 0 Å². The molecule has 30 heavy (non-hydrogen) atoms. The number of carbonyl (C=O) groups is 1. The third-order valence-electron chi connectivity index (χ3n) is 6.86. The number of rotatable bonds is 22. The van der Waals surface area contributed by atoms with Gasteiger partial charge in [0, 0.05) is 5.33 Å². The highest BCUT2D eigenvalue weighted by atomic mass is 79.9. The van der Waals surface area contributed by atoms with E-state index in [-0.39, 0.29) is 17.5 Å². The molecule has 178 valence electrons. The Morgan fingerprint density at radius 2 is 1.20 bits per heavy atom. The molecule has 2 nitrogen and oxygen atoms in total. The number of hydrogen-bond acceptors (Lipinski definition) is 2. The van der Waals surface area contributed by atoms with Crippen molar-refractivity contribution in [2.45, 2.75) is 155 Å². The lowest BCUT2D eigenvalue weighted by atomic mass is 9.97. The molecule has 0 atom stereocenters. The number of unbranched alkanes of at least 4 members (excludes halogenated alkanes) is 13. The smallest absolute Gasteiger partial charge is 0.312 e. The fourth-order valence-electron chi connectivity index (χ4n) is 4.46. The van der Waals surface area contributed by atoms with Crippen LogP contribution >= 0.6 is 15.9 Å². The molecule has 1 aliphatic rings. The molecule has 3 heteroatoms. The summed E-state index contributed by atoms with van der Waals surface area (Å²) in [6, 6.07) is 0. The van der Waals surface area contributed by atoms with Crippen LogP contribution in [0.25, 0.3) is 0 Å². The van der Waals surface area contributed by atoms with Gasteiger partial charge < -0.3 is 4.74 Å². The number of alkyl halides is 1. The fraction of sp³-hybridized carbons (Fsp3) is 0.963. The highest BCUT2D eigenvalue weighted by molar-refractivity contribution is 9.09. The van der Waals surface area contributed by atoms with E-state index in [0.29, 0.717) is 0 Å². The minimum atomic E-state index is -0.102. The van der Waals surface area contributed by atoms with Gasteiger partial charge in [0.2, 0.25) is 0 Å². The van der Waals surface area contributed by atoms with Crippen LogP contribution in [0.1, 0.15) is 149 Å². The van der Waals surface area contributed by atoms with Crippen molar-refractivity contribution >= 4 is 21.9 Å². The average Bonchev–Trinajstić information content (AvgIpc) is 3.53. The topological polar surface area (TPSA) is 26.3 Å². The zero-order chi connectivity index (χ0) is 21.9. The van der Waals surface area contributed by atoms with Gasteiger partial charge in [0.15, 0.2) is 0 Å². The summed E-state index contributed by atoms with van der Waals surface area (Å²) < 4.78 is 6.16. The van der Waals surface area contributed by atoms with Crippen molar-refractivity contribution in [3.8, 4) is 0 Å². The Morgan fingerprint density at radius 3 is 1.70 bits per heavy atom. The van der Waals surface area contributed by atoms with Crippen LogP contribution in [-0.2, 0) is 9.53 Å². The van der Waals surface area contributed by atoms with E-state index in [0.717, 1.165) is 37.4 Å². The summed E-state index contributed by atoms with van der Waals surface area (Å²) in [4.78, 5) is 13.0. The molecule has 0 bridgehead atoms. The van der Waals surface area contributed by atoms with Crippen LogP contribution in [0, 0.1) is 5.41 Å². The minimum absolute atomic E-state index is 0.102. The van der Waals surface area contributed by atoms with Crippen LogP contribution in [0.15, 0.2) is 0 Å². The monoisotopic (exact) mass is 486 g/mol. The van der Waals surface area contributed by atoms with Crippen molar-refractivity contribution in [1.82, 2.24) is 0 Å². The van der Waals surface area contributed by atoms with Gasteiger partial charge in [-0.2, -0.15) is 0 Å². The first-order valence-corrected chi connectivity index (χ1v) is 14.6. The SMILES string of the molecule is CCCCCCCCC(CCCCCCCC)OC(=O)C1(CCCCCCBr)CC1. The van der Waals surface area contributed by atoms with E-state index in [2.05, 4.69) is 29.8 Å². The number of hydrogen-bond donors (Lipinski definition) is 0. The van der Waals surface area contributed by atoms with E-state index >= 15 is 0 Å². The molecule has 0 aromatic rings. The van der Waals surface area contributed by atoms with Crippen molar-refractivity contribution in [2.75, 3.05) is 5.33 Å². The van der Waals surface area contributed by atoms with Gasteiger partial charge >= 0.3 is 5.97 Å². The predicted molar refractivity (Wildman–Crippen MR) is 134 cm³/mol. The van der Waals surface area contributed by atoms with Crippen LogP contribution in [0.5, 0.6) is 0 Å². The molecule has 1 fully saturated rings. The maximum Gasteiger partial charge on any atom is 0.312 e. The third-order valence-corrected chi connectivity index (χ3v) is 7.42. The summed E-state index contributed by atoms with van der Waals surface area (Å²) >= 11 is 3.51. The van der Waals surface area contributed by atoms with Gasteiger partial charge in [-0.3, -0.25) is 4.79 Å². The van der Waals surface area contributed by atoms with Gasteiger partial charge in [0.1, 0.15) is 6.10 Å². The third kappa shape index (κ3) is 13.4. The van der Waals surface area contributed by atoms with Crippen LogP contribution < -0.4 is 0 Å². The molecular formula is C27H51BrO2. The summed E-state index contributed by atoms with van der Waals surface area (Å²) in [5.41, 5.74) is -0.102. The number of esters is 1. The lowest BCUT2D eigenvalue weighted by molar-refractivity contribution is -0.157. The van der Waals surface area contributed by atoms with Crippen molar-refractivity contribution in [3.05, 3.63) is 0 Å². The van der Waals surface area contributed by atoms with E-state index in [1.165, 1.54) is 103 Å². The molecule has 0 radical (unpaired) electrons. The molecule has 0 unspecified atom stereocenters. The van der Waals surface area contributed by atoms with Gasteiger partial charge in [-0.25, -0.2) is 0 Å². The maximum absolute atomic E-state index is 13.0. The summed E-state index contributed by atoms with van der Waals surface area (Å²) in [5.74, 6) is 0.143. The molecule has 0 aliphatic heterocycles. The highest BCUT2D eigenvalue weighted by Crippen LogP contribution is 2.51. The highest BCUT2D eigenvalue weighted by Gasteiger charge is 2.50. The molecular weight excluding hydrogens is 436 g/mol. The van der Waals surface area contributed by atoms with Gasteiger partial charge in [0.25, 0.3) is 0 Å². The summed E-state index contributed by atoms with van der Waals surface area (Å²) in [6.45, 7) is 4.54. The largest absolute Gasteiger partial charge is 0.462 e. The standard InChI is InChI=1S/C27H51BrO2/c1-3-5-7-9-11-15-19-25(20-16-12-10-8-6-4-2)30-26(29)27(22-23-27)21-17-13-14-18-24-28/h25H,3-24H2,1-2H3. The van der Waals surface area contributed by atoms with Crippen molar-refractivity contribution < 1.29 is 9.53 Å². The van der Waals surface area contributed by atoms with E-state index in [1.54, 1.807) is 0 Å². The van der Waals surface area contributed by atoms with E-state index in [9.17, 15) is 4.79 Å². The first kappa shape index (κ1) is 28.0. The lowest BCUT2D eigenvalue weighted by Gasteiger charge is -2.22. The molecule has 1 aliphatic carbocycles. The molecule has 0 spiro atoms. The zero-order valence-electron chi connectivity index (χ0n) is 20.3. The van der Waals surface area contributed by atoms with E-state index < -0.39 is 0 Å². The fourth-order valence-corrected chi connectivity index (χ4v) is 4.86. The molecule has 1 rings (SSSR count). The molecule has 0 saturated heterocycles. The van der Waals surface area contributed by atoms with Crippen LogP contribution in [-0.4, -0.2) is 17.4 Å². The Kier molecular flexibility index (Phi) is 17.3. The van der Waals surface area contributed by atoms with Crippen molar-refractivity contribution in [1.29, 1.82) is 0 Å². The second kappa shape index (κ2) is 18.5. The Labute approximate surface area is 196 Å². The Hall–Kier alpha value is -0.0500. The Balaban J connectivity index is 2.35. The van der Waals surface area contributed by atoms with Gasteiger partial charge in [-0.05, 0) is 51.4 Å². The second-order valence-electron chi connectivity index (χ2n) is 9.77. The second-order valence-corrected chi connectivity index (χ2v) is 10.6. The van der Waals surface area contributed by atoms with Crippen LogP contribution in [0.4, 0.5) is 0 Å². The lowest BCUT2D eigenvalue weighted by Crippen LogP contribution is -2.26. The molecule has 0 aromatic heterocycles. The van der Waals surface area contributed by atoms with E-state index in [1.807, 2.05) is 0 Å². The minimum Gasteiger partial charge on any atom is -0.462 e. The normalized spacial score (nSPS) is 14.9. The van der Waals surface area contributed by atoms with Crippen LogP contribution in [0.3, 0.4) is 0 Å². The molecule has 0 aromatic carbocycles. The first-order chi connectivity index (χ1) is 14.7. The Bertz CT molecular complexity index is 390. The molecule has 1 saturated carbocycles. The number of ether oxygens (including phenoxy) is 1. The summed E-state index contributed by atoms with van der Waals surface area (Å²) in [5, 5.41) is 1.10. The maximum atomic E-state index is 13.0. The van der Waals surface area contributed by atoms with Gasteiger partial charge in [0.05, 0.1) is 5.41 Å². The number of carbonyl (C=O) groups excluding carboxylic acids is 1. The molecule has 0 N–H and O–H groups in total. The van der Waals surface area contributed by atoms with Gasteiger partial charge in [-0.1, -0.05) is 113 Å². The predicted octanol–water partition coefficient (Wildman–Crippen LogP) is 9.52.